The molecule has 3 heteroatoms. The predicted octanol–water partition coefficient (Wildman–Crippen LogP) is 4.18. The highest BCUT2D eigenvalue weighted by Crippen LogP contribution is 2.24. The summed E-state index contributed by atoms with van der Waals surface area (Å²) in [4.78, 5) is 14.3. The normalized spacial score (nSPS) is 14.1. The summed E-state index contributed by atoms with van der Waals surface area (Å²) < 4.78 is 0. The highest BCUT2D eigenvalue weighted by molar-refractivity contribution is 5.94. The summed E-state index contributed by atoms with van der Waals surface area (Å²) in [6.07, 6.45) is -0.714. The molecule has 24 heavy (non-hydrogen) atoms. The van der Waals surface area contributed by atoms with Crippen LogP contribution in [0.3, 0.4) is 0 Å². The number of aliphatic hydroxyl groups excluding tert-OH is 1. The zero-order chi connectivity index (χ0) is 17.9. The summed E-state index contributed by atoms with van der Waals surface area (Å²) in [5.74, 6) is -0.0852. The lowest BCUT2D eigenvalue weighted by Gasteiger charge is -2.29. The molecule has 0 fully saturated rings. The average Bonchev–Trinajstić information content (AvgIpc) is 2.59. The number of benzene rings is 2. The van der Waals surface area contributed by atoms with Gasteiger partial charge in [0.2, 0.25) is 0 Å². The fourth-order valence-electron chi connectivity index (χ4n) is 2.64. The summed E-state index contributed by atoms with van der Waals surface area (Å²) >= 11 is 0. The van der Waals surface area contributed by atoms with Crippen LogP contribution in [0.1, 0.15) is 55.3 Å². The number of likely N-dealkylation sites (N-methyl/N-ethyl adjacent to an activating group) is 1. The Morgan fingerprint density at radius 1 is 1.00 bits per heavy atom. The Morgan fingerprint density at radius 2 is 1.54 bits per heavy atom. The van der Waals surface area contributed by atoms with E-state index < -0.39 is 6.10 Å². The molecule has 0 aromatic heterocycles. The van der Waals surface area contributed by atoms with Crippen molar-refractivity contribution in [3.05, 3.63) is 71.3 Å². The summed E-state index contributed by atoms with van der Waals surface area (Å²) in [7, 11) is 1.73. The smallest absolute Gasteiger partial charge is 0.253 e. The Labute approximate surface area is 144 Å². The van der Waals surface area contributed by atoms with Gasteiger partial charge in [-0.25, -0.2) is 0 Å². The van der Waals surface area contributed by atoms with Crippen molar-refractivity contribution in [1.29, 1.82) is 0 Å². The number of carbonyl (C=O) groups excluding carboxylic acids is 1. The molecule has 2 aromatic rings. The van der Waals surface area contributed by atoms with Crippen molar-refractivity contribution < 1.29 is 9.90 Å². The molecule has 0 aliphatic rings. The van der Waals surface area contributed by atoms with E-state index in [4.69, 9.17) is 0 Å². The second-order valence-electron chi connectivity index (χ2n) is 7.34. The lowest BCUT2D eigenvalue weighted by atomic mass is 9.86. The summed E-state index contributed by atoms with van der Waals surface area (Å²) in [5, 5.41) is 10.5. The van der Waals surface area contributed by atoms with Crippen molar-refractivity contribution in [3.8, 4) is 0 Å². The van der Waals surface area contributed by atoms with Crippen LogP contribution in [-0.2, 0) is 5.41 Å². The molecule has 0 saturated carbocycles. The molecule has 2 aromatic carbocycles. The molecular weight excluding hydrogens is 298 g/mol. The van der Waals surface area contributed by atoms with Gasteiger partial charge in [0.1, 0.15) is 0 Å². The monoisotopic (exact) mass is 325 g/mol. The standard InChI is InChI=1S/C21H27NO2/c1-15(19(23)16-9-7-6-8-10-16)22(5)20(24)17-11-13-18(14-12-17)21(2,3)4/h6-15,19,23H,1-5H3. The Kier molecular flexibility index (Phi) is 5.45. The summed E-state index contributed by atoms with van der Waals surface area (Å²) in [6.45, 7) is 8.30. The van der Waals surface area contributed by atoms with Crippen molar-refractivity contribution >= 4 is 5.91 Å². The number of rotatable bonds is 4. The average molecular weight is 325 g/mol. The van der Waals surface area contributed by atoms with Crippen molar-refractivity contribution in [2.45, 2.75) is 45.3 Å². The molecule has 0 saturated heterocycles. The summed E-state index contributed by atoms with van der Waals surface area (Å²) in [5.41, 5.74) is 2.70. The molecule has 1 N–H and O–H groups in total. The topological polar surface area (TPSA) is 40.5 Å². The molecule has 3 nitrogen and oxygen atoms in total. The van der Waals surface area contributed by atoms with Crippen LogP contribution in [0.15, 0.2) is 54.6 Å². The van der Waals surface area contributed by atoms with E-state index in [-0.39, 0.29) is 17.4 Å². The van der Waals surface area contributed by atoms with Crippen LogP contribution >= 0.6 is 0 Å². The van der Waals surface area contributed by atoms with E-state index in [0.717, 1.165) is 5.56 Å². The van der Waals surface area contributed by atoms with Gasteiger partial charge in [-0.2, -0.15) is 0 Å². The van der Waals surface area contributed by atoms with Gasteiger partial charge in [-0.3, -0.25) is 4.79 Å². The number of amides is 1. The molecule has 0 aliphatic carbocycles. The Morgan fingerprint density at radius 3 is 2.04 bits per heavy atom. The van der Waals surface area contributed by atoms with Crippen LogP contribution in [0.5, 0.6) is 0 Å². The molecule has 1 amide bonds. The summed E-state index contributed by atoms with van der Waals surface area (Å²) in [6, 6.07) is 16.8. The van der Waals surface area contributed by atoms with Crippen molar-refractivity contribution in [3.63, 3.8) is 0 Å². The zero-order valence-corrected chi connectivity index (χ0v) is 15.2. The van der Waals surface area contributed by atoms with Gasteiger partial charge in [0.15, 0.2) is 0 Å². The molecule has 0 heterocycles. The number of carbonyl (C=O) groups is 1. The van der Waals surface area contributed by atoms with E-state index in [0.29, 0.717) is 5.56 Å². The van der Waals surface area contributed by atoms with E-state index in [2.05, 4.69) is 20.8 Å². The van der Waals surface area contributed by atoms with Gasteiger partial charge in [-0.1, -0.05) is 63.2 Å². The fourth-order valence-corrected chi connectivity index (χ4v) is 2.64. The first-order chi connectivity index (χ1) is 11.2. The van der Waals surface area contributed by atoms with E-state index in [9.17, 15) is 9.90 Å². The fraction of sp³-hybridized carbons (Fsp3) is 0.381. The van der Waals surface area contributed by atoms with Crippen molar-refractivity contribution in [2.24, 2.45) is 0 Å². The third kappa shape index (κ3) is 4.04. The number of hydrogen-bond acceptors (Lipinski definition) is 2. The van der Waals surface area contributed by atoms with Crippen LogP contribution in [0.4, 0.5) is 0 Å². The third-order valence-corrected chi connectivity index (χ3v) is 4.53. The molecule has 0 radical (unpaired) electrons. The zero-order valence-electron chi connectivity index (χ0n) is 15.2. The lowest BCUT2D eigenvalue weighted by Crippen LogP contribution is -2.39. The molecule has 0 bridgehead atoms. The first-order valence-electron chi connectivity index (χ1n) is 8.32. The van der Waals surface area contributed by atoms with E-state index >= 15 is 0 Å². The first kappa shape index (κ1) is 18.2. The third-order valence-electron chi connectivity index (χ3n) is 4.53. The number of nitrogens with zero attached hydrogens (tertiary/aromatic N) is 1. The molecule has 0 aliphatic heterocycles. The lowest BCUT2D eigenvalue weighted by molar-refractivity contribution is 0.0487. The molecule has 2 unspecified atom stereocenters. The van der Waals surface area contributed by atoms with Crippen molar-refractivity contribution in [2.75, 3.05) is 7.05 Å². The van der Waals surface area contributed by atoms with Crippen LogP contribution in [-0.4, -0.2) is 29.0 Å². The second-order valence-corrected chi connectivity index (χ2v) is 7.34. The molecular formula is C21H27NO2. The van der Waals surface area contributed by atoms with Gasteiger partial charge in [-0.05, 0) is 35.6 Å². The Hall–Kier alpha value is -2.13. The molecule has 0 spiro atoms. The van der Waals surface area contributed by atoms with E-state index in [1.54, 1.807) is 11.9 Å². The Balaban J connectivity index is 2.14. The van der Waals surface area contributed by atoms with Gasteiger partial charge in [0.05, 0.1) is 12.1 Å². The minimum atomic E-state index is -0.714. The van der Waals surface area contributed by atoms with Crippen molar-refractivity contribution in [1.82, 2.24) is 4.90 Å². The number of aliphatic hydroxyl groups is 1. The van der Waals surface area contributed by atoms with E-state index in [1.165, 1.54) is 5.56 Å². The van der Waals surface area contributed by atoms with Crippen LogP contribution in [0, 0.1) is 0 Å². The SMILES string of the molecule is CC(C(O)c1ccccc1)N(C)C(=O)c1ccc(C(C)(C)C)cc1. The first-order valence-corrected chi connectivity index (χ1v) is 8.32. The number of hydrogen-bond donors (Lipinski definition) is 1. The maximum absolute atomic E-state index is 12.7. The van der Waals surface area contributed by atoms with Gasteiger partial charge in [0, 0.05) is 12.6 Å². The highest BCUT2D eigenvalue weighted by Gasteiger charge is 2.25. The second kappa shape index (κ2) is 7.18. The maximum Gasteiger partial charge on any atom is 0.253 e. The van der Waals surface area contributed by atoms with Gasteiger partial charge >= 0.3 is 0 Å². The maximum atomic E-state index is 12.7. The van der Waals surface area contributed by atoms with Crippen LogP contribution in [0.2, 0.25) is 0 Å². The Bertz CT molecular complexity index is 671. The minimum Gasteiger partial charge on any atom is -0.386 e. The minimum absolute atomic E-state index is 0.0598. The quantitative estimate of drug-likeness (QED) is 0.916. The van der Waals surface area contributed by atoms with Gasteiger partial charge in [0.25, 0.3) is 5.91 Å². The van der Waals surface area contributed by atoms with Gasteiger partial charge in [-0.15, -0.1) is 0 Å². The van der Waals surface area contributed by atoms with Crippen LogP contribution < -0.4 is 0 Å². The highest BCUT2D eigenvalue weighted by atomic mass is 16.3. The molecule has 128 valence electrons. The van der Waals surface area contributed by atoms with Gasteiger partial charge < -0.3 is 10.0 Å². The molecule has 2 rings (SSSR count). The largest absolute Gasteiger partial charge is 0.386 e. The molecule has 2 atom stereocenters. The van der Waals surface area contributed by atoms with Crippen LogP contribution in [0.25, 0.3) is 0 Å². The van der Waals surface area contributed by atoms with E-state index in [1.807, 2.05) is 61.5 Å². The predicted molar refractivity (Wildman–Crippen MR) is 98.1 cm³/mol.